The van der Waals surface area contributed by atoms with Gasteiger partial charge in [0.25, 0.3) is 5.91 Å². The molecule has 0 aliphatic rings. The second-order valence-corrected chi connectivity index (χ2v) is 5.57. The molecule has 0 aromatic heterocycles. The number of anilines is 1. The van der Waals surface area contributed by atoms with Crippen molar-refractivity contribution in [2.75, 3.05) is 11.9 Å². The van der Waals surface area contributed by atoms with Crippen LogP contribution >= 0.6 is 0 Å². The maximum Gasteiger partial charge on any atom is 0.257 e. The zero-order valence-electron chi connectivity index (χ0n) is 13.7. The molecule has 0 aliphatic carbocycles. The summed E-state index contributed by atoms with van der Waals surface area (Å²) < 4.78 is 13.0. The van der Waals surface area contributed by atoms with Crippen LogP contribution in [-0.2, 0) is 16.0 Å². The first-order valence-corrected chi connectivity index (χ1v) is 7.57. The van der Waals surface area contributed by atoms with E-state index in [1.165, 1.54) is 18.2 Å². The van der Waals surface area contributed by atoms with Gasteiger partial charge in [0.15, 0.2) is 0 Å². The fourth-order valence-corrected chi connectivity index (χ4v) is 2.25. The maximum atomic E-state index is 13.0. The van der Waals surface area contributed by atoms with Gasteiger partial charge < -0.3 is 5.32 Å². The summed E-state index contributed by atoms with van der Waals surface area (Å²) in [5.41, 5.74) is 8.22. The van der Waals surface area contributed by atoms with Gasteiger partial charge in [-0.15, -0.1) is 0 Å². The molecule has 126 valence electrons. The van der Waals surface area contributed by atoms with Gasteiger partial charge in [-0.1, -0.05) is 29.8 Å². The van der Waals surface area contributed by atoms with Crippen LogP contribution in [0.15, 0.2) is 42.5 Å². The molecule has 6 heteroatoms. The van der Waals surface area contributed by atoms with Gasteiger partial charge in [-0.3, -0.25) is 20.4 Å². The Morgan fingerprint density at radius 3 is 2.46 bits per heavy atom. The molecule has 0 aliphatic heterocycles. The van der Waals surface area contributed by atoms with Crippen LogP contribution in [0.25, 0.3) is 0 Å². The maximum absolute atomic E-state index is 13.0. The molecule has 2 aromatic carbocycles. The highest BCUT2D eigenvalue weighted by Gasteiger charge is 2.07. The topological polar surface area (TPSA) is 70.2 Å². The summed E-state index contributed by atoms with van der Waals surface area (Å²) in [5, 5.41) is 3.01. The van der Waals surface area contributed by atoms with E-state index in [1.807, 2.05) is 32.0 Å². The number of aryl methyl sites for hydroxylation is 2. The Balaban J connectivity index is 1.75. The van der Waals surface area contributed by atoms with Crippen molar-refractivity contribution in [2.24, 2.45) is 0 Å². The molecule has 0 saturated carbocycles. The molecule has 2 aromatic rings. The van der Waals surface area contributed by atoms with Crippen molar-refractivity contribution in [3.8, 4) is 0 Å². The van der Waals surface area contributed by atoms with Crippen LogP contribution in [0.3, 0.4) is 0 Å². The minimum Gasteiger partial charge on any atom is -0.376 e. The third-order valence-electron chi connectivity index (χ3n) is 3.42. The minimum absolute atomic E-state index is 0.0114. The zero-order valence-corrected chi connectivity index (χ0v) is 13.7. The van der Waals surface area contributed by atoms with Crippen LogP contribution in [0.1, 0.15) is 16.7 Å². The van der Waals surface area contributed by atoms with Gasteiger partial charge in [-0.25, -0.2) is 4.39 Å². The number of nitrogens with one attached hydrogen (secondary N) is 3. The van der Waals surface area contributed by atoms with Crippen LogP contribution in [-0.4, -0.2) is 18.4 Å². The van der Waals surface area contributed by atoms with E-state index in [0.29, 0.717) is 5.56 Å². The van der Waals surface area contributed by atoms with E-state index in [2.05, 4.69) is 16.2 Å². The van der Waals surface area contributed by atoms with Crippen LogP contribution in [0, 0.1) is 19.7 Å². The second kappa shape index (κ2) is 8.10. The largest absolute Gasteiger partial charge is 0.376 e. The van der Waals surface area contributed by atoms with Gasteiger partial charge in [0.1, 0.15) is 5.82 Å². The van der Waals surface area contributed by atoms with E-state index in [1.54, 1.807) is 6.07 Å². The van der Waals surface area contributed by atoms with E-state index >= 15 is 0 Å². The Morgan fingerprint density at radius 2 is 1.75 bits per heavy atom. The van der Waals surface area contributed by atoms with Gasteiger partial charge in [0.05, 0.1) is 13.0 Å². The van der Waals surface area contributed by atoms with E-state index in [4.69, 9.17) is 0 Å². The quantitative estimate of drug-likeness (QED) is 0.737. The smallest absolute Gasteiger partial charge is 0.257 e. The highest BCUT2D eigenvalue weighted by molar-refractivity contribution is 5.85. The fraction of sp³-hybridized carbons (Fsp3) is 0.222. The highest BCUT2D eigenvalue weighted by Crippen LogP contribution is 2.15. The predicted molar refractivity (Wildman–Crippen MR) is 90.8 cm³/mol. The molecule has 0 fully saturated rings. The number of carbonyl (C=O) groups is 2. The Bertz CT molecular complexity index is 747. The van der Waals surface area contributed by atoms with E-state index < -0.39 is 11.7 Å². The molecule has 0 unspecified atom stereocenters. The number of carbonyl (C=O) groups excluding carboxylic acids is 2. The molecular weight excluding hydrogens is 309 g/mol. The summed E-state index contributed by atoms with van der Waals surface area (Å²) >= 11 is 0. The molecule has 0 radical (unpaired) electrons. The summed E-state index contributed by atoms with van der Waals surface area (Å²) in [6.45, 7) is 3.98. The lowest BCUT2D eigenvalue weighted by molar-refractivity contribution is -0.127. The number of hydrazine groups is 1. The van der Waals surface area contributed by atoms with E-state index in [0.717, 1.165) is 16.8 Å². The first-order chi connectivity index (χ1) is 11.4. The normalized spacial score (nSPS) is 10.1. The van der Waals surface area contributed by atoms with Crippen LogP contribution in [0.4, 0.5) is 10.1 Å². The lowest BCUT2D eigenvalue weighted by atomic mass is 10.1. The molecule has 0 saturated heterocycles. The molecule has 0 spiro atoms. The van der Waals surface area contributed by atoms with Gasteiger partial charge in [-0.2, -0.15) is 0 Å². The number of amides is 2. The predicted octanol–water partition coefficient (Wildman–Crippen LogP) is 2.24. The number of benzene rings is 2. The Morgan fingerprint density at radius 1 is 1.00 bits per heavy atom. The molecule has 0 bridgehead atoms. The molecule has 0 atom stereocenters. The van der Waals surface area contributed by atoms with Crippen LogP contribution in [0.5, 0.6) is 0 Å². The van der Waals surface area contributed by atoms with Crippen molar-refractivity contribution in [3.05, 3.63) is 65.0 Å². The third-order valence-corrected chi connectivity index (χ3v) is 3.42. The monoisotopic (exact) mass is 329 g/mol. The average molecular weight is 329 g/mol. The van der Waals surface area contributed by atoms with Crippen molar-refractivity contribution < 1.29 is 14.0 Å². The zero-order chi connectivity index (χ0) is 17.5. The molecule has 24 heavy (non-hydrogen) atoms. The number of hydrogen-bond donors (Lipinski definition) is 3. The molecule has 5 nitrogen and oxygen atoms in total. The third kappa shape index (κ3) is 5.39. The summed E-state index contributed by atoms with van der Waals surface area (Å²) in [6, 6.07) is 11.6. The lowest BCUT2D eigenvalue weighted by Crippen LogP contribution is -2.44. The second-order valence-electron chi connectivity index (χ2n) is 5.57. The fourth-order valence-electron chi connectivity index (χ4n) is 2.25. The number of halogens is 1. The molecule has 0 heterocycles. The van der Waals surface area contributed by atoms with Gasteiger partial charge in [0, 0.05) is 5.69 Å². The van der Waals surface area contributed by atoms with Crippen molar-refractivity contribution in [3.63, 3.8) is 0 Å². The Hall–Kier alpha value is -2.89. The number of hydrogen-bond acceptors (Lipinski definition) is 3. The van der Waals surface area contributed by atoms with E-state index in [9.17, 15) is 14.0 Å². The molecule has 3 N–H and O–H groups in total. The molecule has 2 amide bonds. The Kier molecular flexibility index (Phi) is 5.89. The van der Waals surface area contributed by atoms with Crippen LogP contribution < -0.4 is 16.2 Å². The van der Waals surface area contributed by atoms with Crippen LogP contribution in [0.2, 0.25) is 0 Å². The van der Waals surface area contributed by atoms with Crippen molar-refractivity contribution >= 4 is 17.5 Å². The summed E-state index contributed by atoms with van der Waals surface area (Å²) in [6.07, 6.45) is -0.0114. The first kappa shape index (κ1) is 17.5. The van der Waals surface area contributed by atoms with Crippen molar-refractivity contribution in [1.82, 2.24) is 10.9 Å². The summed E-state index contributed by atoms with van der Waals surface area (Å²) in [4.78, 5) is 23.5. The summed E-state index contributed by atoms with van der Waals surface area (Å²) in [7, 11) is 0. The molecular formula is C18H20FN3O2. The van der Waals surface area contributed by atoms with E-state index in [-0.39, 0.29) is 18.9 Å². The molecule has 2 rings (SSSR count). The lowest BCUT2D eigenvalue weighted by Gasteiger charge is -2.11. The first-order valence-electron chi connectivity index (χ1n) is 7.57. The minimum atomic E-state index is -0.416. The SMILES string of the molecule is Cc1ccc(NCC(=O)NNC(=O)Cc2cccc(F)c2)c(C)c1. The van der Waals surface area contributed by atoms with Crippen molar-refractivity contribution in [2.45, 2.75) is 20.3 Å². The standard InChI is InChI=1S/C18H20FN3O2/c1-12-6-7-16(13(2)8-12)20-11-18(24)22-21-17(23)10-14-4-3-5-15(19)9-14/h3-9,20H,10-11H2,1-2H3,(H,21,23)(H,22,24). The average Bonchev–Trinajstić information content (AvgIpc) is 2.52. The van der Waals surface area contributed by atoms with Gasteiger partial charge in [0.2, 0.25) is 5.91 Å². The van der Waals surface area contributed by atoms with Gasteiger partial charge >= 0.3 is 0 Å². The van der Waals surface area contributed by atoms with Gasteiger partial charge in [-0.05, 0) is 43.2 Å². The summed E-state index contributed by atoms with van der Waals surface area (Å²) in [5.74, 6) is -1.19. The van der Waals surface area contributed by atoms with Crippen molar-refractivity contribution in [1.29, 1.82) is 0 Å². The highest BCUT2D eigenvalue weighted by atomic mass is 19.1. The Labute approximate surface area is 140 Å². The number of rotatable bonds is 5.